The molecule has 2 atom stereocenters. The molecule has 0 radical (unpaired) electrons. The quantitative estimate of drug-likeness (QED) is 0.734. The summed E-state index contributed by atoms with van der Waals surface area (Å²) in [7, 11) is 2.11. The minimum atomic E-state index is -0.120. The van der Waals surface area contributed by atoms with Crippen LogP contribution in [0.15, 0.2) is 54.6 Å². The molecule has 3 aromatic rings. The first kappa shape index (κ1) is 18.7. The predicted molar refractivity (Wildman–Crippen MR) is 111 cm³/mol. The van der Waals surface area contributed by atoms with Crippen LogP contribution >= 0.6 is 0 Å². The van der Waals surface area contributed by atoms with Crippen LogP contribution in [0.25, 0.3) is 10.9 Å². The van der Waals surface area contributed by atoms with Gasteiger partial charge in [-0.05, 0) is 25.6 Å². The van der Waals surface area contributed by atoms with Crippen LogP contribution in [0, 0.1) is 0 Å². The van der Waals surface area contributed by atoms with Crippen molar-refractivity contribution in [2.24, 2.45) is 0 Å². The van der Waals surface area contributed by atoms with Gasteiger partial charge in [0.2, 0.25) is 0 Å². The number of fused-ring (bicyclic) bond motifs is 1. The molecule has 6 heteroatoms. The number of benzene rings is 2. The fourth-order valence-corrected chi connectivity index (χ4v) is 3.97. The topological polar surface area (TPSA) is 64.3 Å². The van der Waals surface area contributed by atoms with Crippen LogP contribution in [0.1, 0.15) is 29.0 Å². The van der Waals surface area contributed by atoms with Crippen LogP contribution < -0.4 is 5.32 Å². The third-order valence-electron chi connectivity index (χ3n) is 5.61. The average molecular weight is 377 g/mol. The molecule has 1 amide bonds. The van der Waals surface area contributed by atoms with Crippen molar-refractivity contribution in [2.45, 2.75) is 19.0 Å². The Labute approximate surface area is 165 Å². The van der Waals surface area contributed by atoms with Crippen molar-refractivity contribution in [2.75, 3.05) is 33.2 Å². The summed E-state index contributed by atoms with van der Waals surface area (Å²) >= 11 is 0. The molecule has 1 saturated heterocycles. The molecule has 0 spiro atoms. The molecular formula is C22H27N5O. The van der Waals surface area contributed by atoms with Crippen molar-refractivity contribution in [3.63, 3.8) is 0 Å². The highest BCUT2D eigenvalue weighted by atomic mass is 16.2. The minimum absolute atomic E-state index is 0.0432. The Morgan fingerprint density at radius 3 is 2.68 bits per heavy atom. The summed E-state index contributed by atoms with van der Waals surface area (Å²) in [6, 6.07) is 18.6. The van der Waals surface area contributed by atoms with E-state index >= 15 is 0 Å². The number of aromatic nitrogens is 2. The van der Waals surface area contributed by atoms with E-state index in [0.29, 0.717) is 11.7 Å². The van der Waals surface area contributed by atoms with E-state index in [1.54, 1.807) is 0 Å². The number of nitrogens with one attached hydrogen (secondary N) is 2. The lowest BCUT2D eigenvalue weighted by molar-refractivity contribution is 0.0916. The third-order valence-corrected chi connectivity index (χ3v) is 5.61. The number of carbonyl (C=O) groups is 1. The molecule has 146 valence electrons. The Morgan fingerprint density at radius 1 is 1.11 bits per heavy atom. The minimum Gasteiger partial charge on any atom is -0.345 e. The number of likely N-dealkylation sites (N-methyl/N-ethyl adjacent to an activating group) is 1. The molecule has 2 N–H and O–H groups in total. The summed E-state index contributed by atoms with van der Waals surface area (Å²) in [5, 5.41) is 11.3. The monoisotopic (exact) mass is 377 g/mol. The SMILES string of the molecule is CC(c1ccccc1)N1CCN(C)CC(NC(=O)c2n[nH]c3ccccc23)C1. The van der Waals surface area contributed by atoms with E-state index in [1.165, 1.54) is 5.56 Å². The Bertz CT molecular complexity index is 938. The zero-order chi connectivity index (χ0) is 19.5. The van der Waals surface area contributed by atoms with E-state index in [4.69, 9.17) is 0 Å². The zero-order valence-corrected chi connectivity index (χ0v) is 16.4. The number of H-pyrrole nitrogens is 1. The van der Waals surface area contributed by atoms with Gasteiger partial charge in [0.1, 0.15) is 0 Å². The van der Waals surface area contributed by atoms with E-state index in [2.05, 4.69) is 63.6 Å². The molecule has 1 aliphatic heterocycles. The smallest absolute Gasteiger partial charge is 0.272 e. The van der Waals surface area contributed by atoms with Crippen LogP contribution in [0.5, 0.6) is 0 Å². The van der Waals surface area contributed by atoms with Gasteiger partial charge in [0.05, 0.1) is 11.6 Å². The summed E-state index contributed by atoms with van der Waals surface area (Å²) in [6.07, 6.45) is 0. The van der Waals surface area contributed by atoms with Crippen LogP contribution in [0.4, 0.5) is 0 Å². The highest BCUT2D eigenvalue weighted by Gasteiger charge is 2.27. The van der Waals surface area contributed by atoms with E-state index in [0.717, 1.165) is 37.1 Å². The largest absolute Gasteiger partial charge is 0.345 e. The number of carbonyl (C=O) groups excluding carboxylic acids is 1. The summed E-state index contributed by atoms with van der Waals surface area (Å²) < 4.78 is 0. The van der Waals surface area contributed by atoms with E-state index < -0.39 is 0 Å². The van der Waals surface area contributed by atoms with Gasteiger partial charge < -0.3 is 10.2 Å². The number of para-hydroxylation sites is 1. The normalized spacial score (nSPS) is 20.0. The zero-order valence-electron chi connectivity index (χ0n) is 16.4. The van der Waals surface area contributed by atoms with Crippen molar-refractivity contribution >= 4 is 16.8 Å². The summed E-state index contributed by atoms with van der Waals surface area (Å²) in [5.41, 5.74) is 2.64. The molecule has 1 aliphatic rings. The van der Waals surface area contributed by atoms with Crippen molar-refractivity contribution in [1.82, 2.24) is 25.3 Å². The van der Waals surface area contributed by atoms with Crippen LogP contribution in [-0.4, -0.2) is 65.2 Å². The van der Waals surface area contributed by atoms with E-state index in [-0.39, 0.29) is 11.9 Å². The molecule has 2 heterocycles. The number of hydrogen-bond acceptors (Lipinski definition) is 4. The molecule has 0 aliphatic carbocycles. The van der Waals surface area contributed by atoms with Gasteiger partial charge in [0.25, 0.3) is 5.91 Å². The predicted octanol–water partition coefficient (Wildman–Crippen LogP) is 2.67. The molecule has 4 rings (SSSR count). The summed E-state index contributed by atoms with van der Waals surface area (Å²) in [4.78, 5) is 17.7. The fraction of sp³-hybridized carbons (Fsp3) is 0.364. The van der Waals surface area contributed by atoms with E-state index in [1.807, 2.05) is 30.3 Å². The highest BCUT2D eigenvalue weighted by Crippen LogP contribution is 2.22. The molecule has 0 bridgehead atoms. The standard InChI is InChI=1S/C22H27N5O/c1-16(17-8-4-3-5-9-17)27-13-12-26(2)14-18(15-27)23-22(28)21-19-10-6-7-11-20(19)24-25-21/h3-11,16,18H,12-15H2,1-2H3,(H,23,28)(H,24,25). The number of amides is 1. The highest BCUT2D eigenvalue weighted by molar-refractivity contribution is 6.04. The van der Waals surface area contributed by atoms with Gasteiger partial charge in [-0.2, -0.15) is 5.10 Å². The second-order valence-electron chi connectivity index (χ2n) is 7.63. The average Bonchev–Trinajstić information content (AvgIpc) is 3.06. The third kappa shape index (κ3) is 3.93. The van der Waals surface area contributed by atoms with Gasteiger partial charge >= 0.3 is 0 Å². The Morgan fingerprint density at radius 2 is 1.86 bits per heavy atom. The molecular weight excluding hydrogens is 350 g/mol. The van der Waals surface area contributed by atoms with Crippen molar-refractivity contribution < 1.29 is 4.79 Å². The van der Waals surface area contributed by atoms with Gasteiger partial charge in [-0.1, -0.05) is 48.5 Å². The van der Waals surface area contributed by atoms with Crippen LogP contribution in [0.3, 0.4) is 0 Å². The summed E-state index contributed by atoms with van der Waals surface area (Å²) in [6.45, 7) is 5.83. The lowest BCUT2D eigenvalue weighted by Crippen LogP contribution is -2.46. The molecule has 6 nitrogen and oxygen atoms in total. The first-order chi connectivity index (χ1) is 13.6. The molecule has 1 aromatic heterocycles. The first-order valence-electron chi connectivity index (χ1n) is 9.83. The Kier molecular flexibility index (Phi) is 5.41. The number of aromatic amines is 1. The lowest BCUT2D eigenvalue weighted by atomic mass is 10.1. The maximum Gasteiger partial charge on any atom is 0.272 e. The first-order valence-corrected chi connectivity index (χ1v) is 9.83. The lowest BCUT2D eigenvalue weighted by Gasteiger charge is -2.30. The van der Waals surface area contributed by atoms with Gasteiger partial charge in [0.15, 0.2) is 5.69 Å². The Hall–Kier alpha value is -2.70. The number of nitrogens with zero attached hydrogens (tertiary/aromatic N) is 3. The molecule has 2 unspecified atom stereocenters. The van der Waals surface area contributed by atoms with Crippen molar-refractivity contribution in [1.29, 1.82) is 0 Å². The van der Waals surface area contributed by atoms with E-state index in [9.17, 15) is 4.79 Å². The Balaban J connectivity index is 1.50. The van der Waals surface area contributed by atoms with Gasteiger partial charge in [-0.15, -0.1) is 0 Å². The molecule has 2 aromatic carbocycles. The van der Waals surface area contributed by atoms with Crippen LogP contribution in [-0.2, 0) is 0 Å². The summed E-state index contributed by atoms with van der Waals surface area (Å²) in [5.74, 6) is -0.120. The second-order valence-corrected chi connectivity index (χ2v) is 7.63. The van der Waals surface area contributed by atoms with Gasteiger partial charge in [0, 0.05) is 37.6 Å². The molecule has 28 heavy (non-hydrogen) atoms. The second kappa shape index (κ2) is 8.12. The van der Waals surface area contributed by atoms with Crippen molar-refractivity contribution in [3.05, 3.63) is 65.9 Å². The number of hydrogen-bond donors (Lipinski definition) is 2. The van der Waals surface area contributed by atoms with Crippen molar-refractivity contribution in [3.8, 4) is 0 Å². The van der Waals surface area contributed by atoms with Gasteiger partial charge in [-0.3, -0.25) is 14.8 Å². The molecule has 0 saturated carbocycles. The molecule has 1 fully saturated rings. The maximum absolute atomic E-state index is 12.9. The number of rotatable bonds is 4. The van der Waals surface area contributed by atoms with Gasteiger partial charge in [-0.25, -0.2) is 0 Å². The van der Waals surface area contributed by atoms with Crippen LogP contribution in [0.2, 0.25) is 0 Å². The maximum atomic E-state index is 12.9. The fourth-order valence-electron chi connectivity index (χ4n) is 3.97.